The van der Waals surface area contributed by atoms with Crippen molar-refractivity contribution in [1.29, 1.82) is 0 Å². The van der Waals surface area contributed by atoms with Gasteiger partial charge in [0, 0.05) is 48.3 Å². The molecule has 8 heterocycles. The Kier molecular flexibility index (Phi) is 17.5. The van der Waals surface area contributed by atoms with Crippen molar-refractivity contribution >= 4 is 83.0 Å². The molecule has 0 saturated carbocycles. The minimum Gasteiger partial charge on any atom is -0.478 e. The molecular weight excluding hydrogens is 938 g/mol. The number of hydrogen-bond donors (Lipinski definition) is 2. The molecule has 0 aromatic heterocycles. The number of carbonyl (C=O) groups is 4. The van der Waals surface area contributed by atoms with Gasteiger partial charge >= 0.3 is 0 Å². The number of piperidine rings is 6. The summed E-state index contributed by atoms with van der Waals surface area (Å²) < 4.78 is 11.9. The largest absolute Gasteiger partial charge is 0.478 e. The molecule has 4 N–H and O–H groups in total. The first-order chi connectivity index (χ1) is 31.0. The zero-order valence-corrected chi connectivity index (χ0v) is 40.9. The summed E-state index contributed by atoms with van der Waals surface area (Å²) in [5.74, 6) is 1.28. The van der Waals surface area contributed by atoms with Crippen LogP contribution >= 0.6 is 48.0 Å². The Morgan fingerprint density at radius 3 is 1.28 bits per heavy atom. The monoisotopic (exact) mass is 996 g/mol. The first kappa shape index (κ1) is 51.8. The van der Waals surface area contributed by atoms with Crippen LogP contribution in [-0.2, 0) is 22.4 Å². The maximum atomic E-state index is 13.3. The lowest BCUT2D eigenvalue weighted by Gasteiger charge is -2.45. The van der Waals surface area contributed by atoms with Crippen LogP contribution in [0.4, 0.5) is 11.4 Å². The average Bonchev–Trinajstić information content (AvgIpc) is 3.31. The molecule has 0 spiro atoms. The van der Waals surface area contributed by atoms with E-state index < -0.39 is 12.2 Å². The molecule has 67 heavy (non-hydrogen) atoms. The molecule has 4 atom stereocenters. The van der Waals surface area contributed by atoms with Crippen molar-refractivity contribution in [2.45, 2.75) is 76.7 Å². The van der Waals surface area contributed by atoms with Crippen molar-refractivity contribution in [1.82, 2.24) is 20.4 Å². The molecule has 6 saturated heterocycles. The first-order valence-electron chi connectivity index (χ1n) is 22.8. The van der Waals surface area contributed by atoms with Crippen LogP contribution in [0.1, 0.15) is 71.4 Å². The molecule has 6 fully saturated rings. The van der Waals surface area contributed by atoms with Crippen molar-refractivity contribution in [3.05, 3.63) is 117 Å². The maximum absolute atomic E-state index is 13.3. The number of rotatable bonds is 10. The Morgan fingerprint density at radius 1 is 0.597 bits per heavy atom. The summed E-state index contributed by atoms with van der Waals surface area (Å²) in [6.45, 7) is 10.7. The van der Waals surface area contributed by atoms with Gasteiger partial charge in [0.2, 0.25) is 0 Å². The van der Waals surface area contributed by atoms with Crippen molar-refractivity contribution in [3.8, 4) is 11.5 Å². The fraction of sp³-hybridized carbons (Fsp3) is 0.440. The van der Waals surface area contributed by atoms with Crippen LogP contribution in [0.15, 0.2) is 84.9 Å². The van der Waals surface area contributed by atoms with Crippen molar-refractivity contribution in [3.63, 3.8) is 0 Å². The van der Waals surface area contributed by atoms with Crippen molar-refractivity contribution < 1.29 is 34.1 Å². The van der Waals surface area contributed by atoms with Crippen LogP contribution in [0, 0.1) is 11.8 Å². The lowest BCUT2D eigenvalue weighted by molar-refractivity contribution is -0.126. The average molecular weight is 999 g/mol. The fourth-order valence-corrected chi connectivity index (χ4v) is 10.7. The van der Waals surface area contributed by atoms with E-state index in [2.05, 4.69) is 20.4 Å². The molecule has 8 aliphatic heterocycles. The molecular formula is C50H60Cl4N6O7. The maximum Gasteiger partial charge on any atom is 0.267 e. The van der Waals surface area contributed by atoms with Gasteiger partial charge in [0.15, 0.2) is 23.7 Å². The number of ether oxygens (including phenoxy) is 2. The van der Waals surface area contributed by atoms with E-state index in [1.165, 1.54) is 0 Å². The Balaban J connectivity index is 0.000000212. The van der Waals surface area contributed by atoms with E-state index in [1.807, 2.05) is 60.7 Å². The van der Waals surface area contributed by atoms with E-state index in [9.17, 15) is 19.2 Å². The van der Waals surface area contributed by atoms with E-state index >= 15 is 0 Å². The molecule has 8 aliphatic rings. The lowest BCUT2D eigenvalue weighted by atomic mass is 9.84. The summed E-state index contributed by atoms with van der Waals surface area (Å²) in [5.41, 5.74) is 4.21. The summed E-state index contributed by atoms with van der Waals surface area (Å²) in [6, 6.07) is 27.1. The van der Waals surface area contributed by atoms with Gasteiger partial charge in [0.05, 0.1) is 22.5 Å². The third-order valence-corrected chi connectivity index (χ3v) is 14.3. The van der Waals surface area contributed by atoms with Crippen molar-refractivity contribution in [2.24, 2.45) is 11.8 Å². The Morgan fingerprint density at radius 2 is 0.955 bits per heavy atom. The number of anilines is 2. The molecule has 360 valence electrons. The molecule has 12 rings (SSSR count). The topological polar surface area (TPSA) is 155 Å². The van der Waals surface area contributed by atoms with Gasteiger partial charge in [-0.25, -0.2) is 0 Å². The molecule has 4 aromatic rings. The van der Waals surface area contributed by atoms with Crippen LogP contribution < -0.4 is 29.9 Å². The van der Waals surface area contributed by atoms with Gasteiger partial charge in [-0.3, -0.25) is 19.2 Å². The minimum absolute atomic E-state index is 0. The Hall–Kier alpha value is -4.60. The van der Waals surface area contributed by atoms with Gasteiger partial charge in [-0.1, -0.05) is 83.9 Å². The third-order valence-electron chi connectivity index (χ3n) is 13.8. The van der Waals surface area contributed by atoms with E-state index in [0.717, 1.165) is 76.1 Å². The van der Waals surface area contributed by atoms with Crippen molar-refractivity contribution in [2.75, 3.05) is 62.2 Å². The van der Waals surface area contributed by atoms with Gasteiger partial charge in [-0.2, -0.15) is 0 Å². The summed E-state index contributed by atoms with van der Waals surface area (Å²) >= 11 is 12.8. The quantitative estimate of drug-likeness (QED) is 0.171. The second kappa shape index (κ2) is 22.7. The minimum atomic E-state index is -0.664. The van der Waals surface area contributed by atoms with Crippen LogP contribution in [-0.4, -0.2) is 116 Å². The first-order valence-corrected chi connectivity index (χ1v) is 23.5. The van der Waals surface area contributed by atoms with Gasteiger partial charge < -0.3 is 45.2 Å². The van der Waals surface area contributed by atoms with E-state index in [4.69, 9.17) is 32.7 Å². The Labute approximate surface area is 414 Å². The van der Waals surface area contributed by atoms with Crippen LogP contribution in [0.3, 0.4) is 0 Å². The molecule has 4 aromatic carbocycles. The highest BCUT2D eigenvalue weighted by atomic mass is 35.5. The number of amides is 4. The van der Waals surface area contributed by atoms with E-state index in [1.54, 1.807) is 47.9 Å². The van der Waals surface area contributed by atoms with Gasteiger partial charge in [0.1, 0.15) is 0 Å². The molecule has 4 bridgehead atoms. The predicted octanol–water partition coefficient (Wildman–Crippen LogP) is 7.06. The fourth-order valence-electron chi connectivity index (χ4n) is 10.3. The summed E-state index contributed by atoms with van der Waals surface area (Å²) in [6.07, 6.45) is 4.55. The van der Waals surface area contributed by atoms with E-state index in [-0.39, 0.29) is 66.0 Å². The van der Waals surface area contributed by atoms with Gasteiger partial charge in [-0.05, 0) is 126 Å². The van der Waals surface area contributed by atoms with Crippen LogP contribution in [0.25, 0.3) is 0 Å². The number of fused-ring (bicyclic) bond motifs is 8. The number of hydrogen-bond acceptors (Lipinski definition) is 8. The van der Waals surface area contributed by atoms with E-state index in [0.29, 0.717) is 81.8 Å². The highest BCUT2D eigenvalue weighted by molar-refractivity contribution is 6.32. The summed E-state index contributed by atoms with van der Waals surface area (Å²) in [7, 11) is 0. The molecule has 4 amide bonds. The lowest BCUT2D eigenvalue weighted by Crippen LogP contribution is -2.57. The second-order valence-electron chi connectivity index (χ2n) is 18.0. The third kappa shape index (κ3) is 11.5. The number of benzene rings is 4. The van der Waals surface area contributed by atoms with Crippen LogP contribution in [0.2, 0.25) is 10.0 Å². The predicted molar refractivity (Wildman–Crippen MR) is 267 cm³/mol. The smallest absolute Gasteiger partial charge is 0.267 e. The molecule has 4 unspecified atom stereocenters. The number of nitrogens with zero attached hydrogens (tertiary/aromatic N) is 4. The number of halogens is 4. The summed E-state index contributed by atoms with van der Waals surface area (Å²) in [5, 5.41) is 7.27. The summed E-state index contributed by atoms with van der Waals surface area (Å²) in [4.78, 5) is 60.8. The Bertz CT molecular complexity index is 2220. The molecule has 17 heteroatoms. The van der Waals surface area contributed by atoms with Crippen LogP contribution in [0.5, 0.6) is 11.5 Å². The standard InChI is InChI=1S/2C25H28ClN3O3.2ClH.H2O/c2*1-16-25(31)29(12-7-17-5-3-2-4-6-17)22-14-19(26)13-20(23(22)32-16)24(30)27-21-15-28-10-8-18(21)9-11-28;;;/h2*2-6,13-14,16,18,21H,7-12,15H2,1H3,(H,27,30);2*1H;1H2. The molecule has 0 aliphatic carbocycles. The number of carbonyl (C=O) groups excluding carboxylic acids is 4. The number of nitrogens with one attached hydrogen (secondary N) is 2. The molecule has 13 nitrogen and oxygen atoms in total. The zero-order valence-electron chi connectivity index (χ0n) is 37.8. The SMILES string of the molecule is CC1Oc2c(C(=O)NC3CN4CCC3CC4)cc(Cl)cc2N(CCc2ccccc2)C1=O.CC1Oc2c(C(=O)NC3CN4CCC3CC4)cc(Cl)cc2N(CCc2ccccc2)C1=O.Cl.Cl.O. The second-order valence-corrected chi connectivity index (χ2v) is 18.9. The normalized spacial score (nSPS) is 25.3. The zero-order chi connectivity index (χ0) is 44.5. The highest BCUT2D eigenvalue weighted by Gasteiger charge is 2.40. The highest BCUT2D eigenvalue weighted by Crippen LogP contribution is 2.42. The van der Waals surface area contributed by atoms with Gasteiger partial charge in [0.25, 0.3) is 23.6 Å². The van der Waals surface area contributed by atoms with Gasteiger partial charge in [-0.15, -0.1) is 24.8 Å². The molecule has 0 radical (unpaired) electrons.